The maximum absolute atomic E-state index is 12.3. The molecule has 0 spiro atoms. The second-order valence-electron chi connectivity index (χ2n) is 6.15. The second-order valence-corrected chi connectivity index (χ2v) is 7.10. The average molecular weight is 321 g/mol. The quantitative estimate of drug-likeness (QED) is 0.859. The molecule has 0 aromatic carbocycles. The molecule has 1 atom stereocenters. The lowest BCUT2D eigenvalue weighted by Crippen LogP contribution is -2.38. The van der Waals surface area contributed by atoms with Crippen molar-refractivity contribution in [2.75, 3.05) is 6.54 Å². The summed E-state index contributed by atoms with van der Waals surface area (Å²) in [7, 11) is 0. The number of thiophene rings is 1. The van der Waals surface area contributed by atoms with E-state index in [1.807, 2.05) is 29.1 Å². The fourth-order valence-electron chi connectivity index (χ4n) is 2.22. The lowest BCUT2D eigenvalue weighted by atomic mass is 10.1. The predicted molar refractivity (Wildman–Crippen MR) is 88.0 cm³/mol. The summed E-state index contributed by atoms with van der Waals surface area (Å²) in [4.78, 5) is 13.1. The Hall–Kier alpha value is -1.66. The van der Waals surface area contributed by atoms with Crippen LogP contribution in [0.25, 0.3) is 0 Å². The number of rotatable bonds is 6. The van der Waals surface area contributed by atoms with Crippen molar-refractivity contribution >= 4 is 17.2 Å². The van der Waals surface area contributed by atoms with Gasteiger partial charge in [-0.25, -0.2) is 0 Å². The summed E-state index contributed by atoms with van der Waals surface area (Å²) < 4.78 is 1.84. The molecule has 0 aliphatic carbocycles. The van der Waals surface area contributed by atoms with Crippen LogP contribution in [0.5, 0.6) is 0 Å². The van der Waals surface area contributed by atoms with Crippen molar-refractivity contribution in [2.24, 2.45) is 5.92 Å². The van der Waals surface area contributed by atoms with Gasteiger partial charge in [0.2, 0.25) is 0 Å². The fraction of sp³-hybridized carbons (Fsp3) is 0.500. The van der Waals surface area contributed by atoms with Gasteiger partial charge in [0.15, 0.2) is 0 Å². The van der Waals surface area contributed by atoms with Gasteiger partial charge in [-0.2, -0.15) is 5.10 Å². The normalized spacial score (nSPS) is 14.1. The maximum atomic E-state index is 12.3. The summed E-state index contributed by atoms with van der Waals surface area (Å²) in [5, 5.41) is 19.4. The molecule has 0 radical (unpaired) electrons. The highest BCUT2D eigenvalue weighted by Gasteiger charge is 2.25. The van der Waals surface area contributed by atoms with Crippen LogP contribution in [0.3, 0.4) is 0 Å². The van der Waals surface area contributed by atoms with Crippen LogP contribution in [0.15, 0.2) is 23.7 Å². The van der Waals surface area contributed by atoms with Crippen LogP contribution < -0.4 is 5.32 Å². The number of amides is 1. The third kappa shape index (κ3) is 3.75. The van der Waals surface area contributed by atoms with Crippen molar-refractivity contribution < 1.29 is 9.90 Å². The van der Waals surface area contributed by atoms with Crippen molar-refractivity contribution in [2.45, 2.75) is 39.8 Å². The summed E-state index contributed by atoms with van der Waals surface area (Å²) in [5.41, 5.74) is 0.343. The van der Waals surface area contributed by atoms with Gasteiger partial charge in [-0.1, -0.05) is 19.9 Å². The molecule has 0 fully saturated rings. The fourth-order valence-corrected chi connectivity index (χ4v) is 3.01. The Bertz CT molecular complexity index is 630. The number of carbonyl (C=O) groups is 1. The van der Waals surface area contributed by atoms with Crippen LogP contribution in [-0.2, 0) is 12.1 Å². The molecule has 0 aliphatic rings. The molecule has 6 heteroatoms. The van der Waals surface area contributed by atoms with Gasteiger partial charge >= 0.3 is 0 Å². The number of nitrogens with zero attached hydrogens (tertiary/aromatic N) is 2. The summed E-state index contributed by atoms with van der Waals surface area (Å²) >= 11 is 1.47. The van der Waals surface area contributed by atoms with Crippen molar-refractivity contribution in [1.82, 2.24) is 15.1 Å². The van der Waals surface area contributed by atoms with E-state index in [1.165, 1.54) is 11.3 Å². The van der Waals surface area contributed by atoms with Gasteiger partial charge in [0.05, 0.1) is 18.3 Å². The number of aromatic nitrogens is 2. The number of nitrogens with one attached hydrogen (secondary N) is 1. The smallest absolute Gasteiger partial charge is 0.254 e. The molecule has 2 rings (SSSR count). The van der Waals surface area contributed by atoms with Crippen LogP contribution in [0.1, 0.15) is 41.7 Å². The van der Waals surface area contributed by atoms with Gasteiger partial charge in [-0.3, -0.25) is 9.48 Å². The highest BCUT2D eigenvalue weighted by molar-refractivity contribution is 7.10. The first-order valence-corrected chi connectivity index (χ1v) is 8.26. The molecule has 2 heterocycles. The first kappa shape index (κ1) is 16.7. The third-order valence-electron chi connectivity index (χ3n) is 3.53. The van der Waals surface area contributed by atoms with E-state index >= 15 is 0 Å². The summed E-state index contributed by atoms with van der Waals surface area (Å²) in [6.07, 6.45) is 1.59. The van der Waals surface area contributed by atoms with Gasteiger partial charge in [-0.15, -0.1) is 11.3 Å². The molecular weight excluding hydrogens is 298 g/mol. The van der Waals surface area contributed by atoms with Gasteiger partial charge in [0, 0.05) is 17.1 Å². The predicted octanol–water partition coefficient (Wildman–Crippen LogP) is 2.55. The van der Waals surface area contributed by atoms with Crippen molar-refractivity contribution in [3.05, 3.63) is 39.8 Å². The zero-order chi connectivity index (χ0) is 16.3. The molecule has 2 aromatic rings. The van der Waals surface area contributed by atoms with Crippen LogP contribution in [0.2, 0.25) is 0 Å². The van der Waals surface area contributed by atoms with Gasteiger partial charge in [-0.05, 0) is 31.2 Å². The Balaban J connectivity index is 2.02. The number of hydrogen-bond acceptors (Lipinski definition) is 4. The van der Waals surface area contributed by atoms with Crippen molar-refractivity contribution in [1.29, 1.82) is 0 Å². The van der Waals surface area contributed by atoms with E-state index in [0.717, 1.165) is 17.1 Å². The zero-order valence-corrected chi connectivity index (χ0v) is 14.3. The molecule has 22 heavy (non-hydrogen) atoms. The average Bonchev–Trinajstić information content (AvgIpc) is 3.08. The number of aliphatic hydroxyl groups is 1. The Morgan fingerprint density at radius 3 is 2.86 bits per heavy atom. The molecule has 0 bridgehead atoms. The molecule has 2 N–H and O–H groups in total. The van der Waals surface area contributed by atoms with Crippen LogP contribution >= 0.6 is 11.3 Å². The molecule has 120 valence electrons. The lowest BCUT2D eigenvalue weighted by Gasteiger charge is -2.22. The zero-order valence-electron chi connectivity index (χ0n) is 13.5. The van der Waals surface area contributed by atoms with E-state index in [4.69, 9.17) is 0 Å². The summed E-state index contributed by atoms with van der Waals surface area (Å²) in [6.45, 7) is 8.77. The molecule has 0 saturated carbocycles. The van der Waals surface area contributed by atoms with Crippen LogP contribution in [0, 0.1) is 12.8 Å². The van der Waals surface area contributed by atoms with E-state index < -0.39 is 5.60 Å². The minimum atomic E-state index is -1.06. The first-order valence-electron chi connectivity index (χ1n) is 7.38. The first-order chi connectivity index (χ1) is 10.3. The van der Waals surface area contributed by atoms with Crippen molar-refractivity contribution in [3.8, 4) is 0 Å². The standard InChI is InChI=1S/C16H23N3O2S/c1-11(2)9-19-12(3)13(8-18-19)15(20)17-10-16(4,21)14-6-5-7-22-14/h5-8,11,21H,9-10H2,1-4H3,(H,17,20). The molecular formula is C16H23N3O2S. The minimum Gasteiger partial charge on any atom is -0.383 e. The summed E-state index contributed by atoms with van der Waals surface area (Å²) in [6, 6.07) is 3.75. The van der Waals surface area contributed by atoms with Gasteiger partial charge in [0.1, 0.15) is 5.60 Å². The largest absolute Gasteiger partial charge is 0.383 e. The Kier molecular flexibility index (Phi) is 5.03. The monoisotopic (exact) mass is 321 g/mol. The summed E-state index contributed by atoms with van der Waals surface area (Å²) in [5.74, 6) is 0.262. The molecule has 2 aromatic heterocycles. The van der Waals surface area contributed by atoms with E-state index in [2.05, 4.69) is 24.3 Å². The molecule has 1 amide bonds. The van der Waals surface area contributed by atoms with Crippen LogP contribution in [0.4, 0.5) is 0 Å². The van der Waals surface area contributed by atoms with Crippen molar-refractivity contribution in [3.63, 3.8) is 0 Å². The highest BCUT2D eigenvalue weighted by Crippen LogP contribution is 2.24. The molecule has 0 saturated heterocycles. The highest BCUT2D eigenvalue weighted by atomic mass is 32.1. The van der Waals surface area contributed by atoms with Crippen LogP contribution in [-0.4, -0.2) is 27.3 Å². The minimum absolute atomic E-state index is 0.168. The Labute approximate surface area is 135 Å². The Morgan fingerprint density at radius 1 is 1.55 bits per heavy atom. The third-order valence-corrected chi connectivity index (χ3v) is 4.65. The van der Waals surface area contributed by atoms with Gasteiger partial charge < -0.3 is 10.4 Å². The lowest BCUT2D eigenvalue weighted by molar-refractivity contribution is 0.0556. The Morgan fingerprint density at radius 2 is 2.27 bits per heavy atom. The van der Waals surface area contributed by atoms with E-state index in [9.17, 15) is 9.90 Å². The maximum Gasteiger partial charge on any atom is 0.254 e. The van der Waals surface area contributed by atoms with E-state index in [0.29, 0.717) is 11.5 Å². The van der Waals surface area contributed by atoms with E-state index in [-0.39, 0.29) is 12.5 Å². The molecule has 0 aliphatic heterocycles. The molecule has 1 unspecified atom stereocenters. The van der Waals surface area contributed by atoms with E-state index in [1.54, 1.807) is 13.1 Å². The SMILES string of the molecule is Cc1c(C(=O)NCC(C)(O)c2cccs2)cnn1CC(C)C. The number of hydrogen-bond donors (Lipinski definition) is 2. The number of carbonyl (C=O) groups excluding carboxylic acids is 1. The molecule has 5 nitrogen and oxygen atoms in total. The second kappa shape index (κ2) is 6.62. The topological polar surface area (TPSA) is 67.2 Å². The van der Waals surface area contributed by atoms with Gasteiger partial charge in [0.25, 0.3) is 5.91 Å².